The molecule has 0 atom stereocenters. The quantitative estimate of drug-likeness (QED) is 0.409. The van der Waals surface area contributed by atoms with Crippen LogP contribution >= 0.6 is 7.37 Å². The lowest BCUT2D eigenvalue weighted by Crippen LogP contribution is -2.03. The highest BCUT2D eigenvalue weighted by Crippen LogP contribution is 2.37. The summed E-state index contributed by atoms with van der Waals surface area (Å²) >= 11 is 0. The lowest BCUT2D eigenvalue weighted by atomic mass is 10.2. The smallest absolute Gasteiger partial charge is 0.264 e. The zero-order valence-electron chi connectivity index (χ0n) is 9.18. The number of unbranched alkanes of at least 4 members (excludes halogenated alkanes) is 3. The molecule has 0 saturated heterocycles. The van der Waals surface area contributed by atoms with Gasteiger partial charge in [0.2, 0.25) is 0 Å². The first-order valence-electron chi connectivity index (χ1n) is 4.85. The minimum absolute atomic E-state index is 0.187. The largest absolute Gasteiger partial charge is 0.329 e. The summed E-state index contributed by atoms with van der Waals surface area (Å²) in [6, 6.07) is 0. The topological polar surface area (TPSA) is 80.7 Å². The van der Waals surface area contributed by atoms with Crippen LogP contribution in [0.3, 0.4) is 0 Å². The standard InChI is InChI=1S/C8H19O5PS/c1-14(2,9)13-7-5-3-4-6-8-15(10,11)12/h3-8H2,1-2H3,(H,10,11,12). The first-order valence-corrected chi connectivity index (χ1v) is 8.98. The first kappa shape index (κ1) is 15.1. The van der Waals surface area contributed by atoms with E-state index in [0.717, 1.165) is 19.3 Å². The van der Waals surface area contributed by atoms with Crippen LogP contribution in [0.1, 0.15) is 25.7 Å². The molecular formula is C8H19O5PS. The molecule has 1 N–H and O–H groups in total. The third-order valence-corrected chi connectivity index (χ3v) is 3.31. The van der Waals surface area contributed by atoms with Crippen molar-refractivity contribution in [3.8, 4) is 0 Å². The first-order chi connectivity index (χ1) is 6.71. The van der Waals surface area contributed by atoms with Crippen molar-refractivity contribution in [2.24, 2.45) is 0 Å². The molecule has 0 rings (SSSR count). The van der Waals surface area contributed by atoms with Crippen LogP contribution in [0.4, 0.5) is 0 Å². The van der Waals surface area contributed by atoms with Crippen LogP contribution in [0.25, 0.3) is 0 Å². The van der Waals surface area contributed by atoms with Gasteiger partial charge in [-0.15, -0.1) is 0 Å². The van der Waals surface area contributed by atoms with Gasteiger partial charge in [-0.3, -0.25) is 9.12 Å². The molecule has 0 amide bonds. The lowest BCUT2D eigenvalue weighted by Gasteiger charge is -2.07. The third-order valence-electron chi connectivity index (χ3n) is 1.70. The maximum atomic E-state index is 11.1. The molecule has 0 aliphatic heterocycles. The maximum absolute atomic E-state index is 11.1. The van der Waals surface area contributed by atoms with Crippen molar-refractivity contribution in [1.82, 2.24) is 0 Å². The van der Waals surface area contributed by atoms with Crippen LogP contribution in [0.2, 0.25) is 0 Å². The van der Waals surface area contributed by atoms with Crippen molar-refractivity contribution >= 4 is 17.5 Å². The van der Waals surface area contributed by atoms with Gasteiger partial charge < -0.3 is 4.52 Å². The summed E-state index contributed by atoms with van der Waals surface area (Å²) < 4.78 is 45.3. The summed E-state index contributed by atoms with van der Waals surface area (Å²) in [4.78, 5) is 0. The highest BCUT2D eigenvalue weighted by atomic mass is 32.2. The van der Waals surface area contributed by atoms with Crippen LogP contribution in [-0.4, -0.2) is 38.7 Å². The van der Waals surface area contributed by atoms with Gasteiger partial charge in [0.15, 0.2) is 7.37 Å². The Morgan fingerprint density at radius 2 is 1.67 bits per heavy atom. The van der Waals surface area contributed by atoms with Gasteiger partial charge in [-0.05, 0) is 12.8 Å². The maximum Gasteiger partial charge on any atom is 0.264 e. The molecule has 7 heteroatoms. The van der Waals surface area contributed by atoms with E-state index in [9.17, 15) is 13.0 Å². The van der Waals surface area contributed by atoms with Crippen molar-refractivity contribution < 1.29 is 22.1 Å². The highest BCUT2D eigenvalue weighted by Gasteiger charge is 2.06. The molecule has 5 nitrogen and oxygen atoms in total. The molecule has 0 bridgehead atoms. The predicted octanol–water partition coefficient (Wildman–Crippen LogP) is 1.99. The third kappa shape index (κ3) is 14.1. The average molecular weight is 258 g/mol. The van der Waals surface area contributed by atoms with E-state index in [1.165, 1.54) is 0 Å². The van der Waals surface area contributed by atoms with Gasteiger partial charge in [-0.1, -0.05) is 12.8 Å². The fourth-order valence-electron chi connectivity index (χ4n) is 1.02. The van der Waals surface area contributed by atoms with E-state index in [1.807, 2.05) is 0 Å². The van der Waals surface area contributed by atoms with E-state index < -0.39 is 17.5 Å². The molecule has 0 radical (unpaired) electrons. The molecule has 0 aromatic carbocycles. The summed E-state index contributed by atoms with van der Waals surface area (Å²) in [6.07, 6.45) is 2.75. The summed E-state index contributed by atoms with van der Waals surface area (Å²) in [5, 5.41) is 0. The van der Waals surface area contributed by atoms with Gasteiger partial charge in [-0.2, -0.15) is 8.42 Å². The van der Waals surface area contributed by atoms with E-state index in [-0.39, 0.29) is 5.75 Å². The Balaban J connectivity index is 3.30. The Labute approximate surface area is 91.4 Å². The SMILES string of the molecule is CP(C)(=O)OCCCCCCS(=O)(=O)O. The fourth-order valence-corrected chi connectivity index (χ4v) is 2.16. The van der Waals surface area contributed by atoms with Gasteiger partial charge >= 0.3 is 0 Å². The molecule has 0 saturated carbocycles. The Morgan fingerprint density at radius 3 is 2.13 bits per heavy atom. The normalized spacial score (nSPS) is 13.0. The molecule has 0 spiro atoms. The molecule has 0 aliphatic rings. The second-order valence-electron chi connectivity index (χ2n) is 3.79. The van der Waals surface area contributed by atoms with Gasteiger partial charge in [0.05, 0.1) is 12.4 Å². The Morgan fingerprint density at radius 1 is 1.13 bits per heavy atom. The minimum Gasteiger partial charge on any atom is -0.329 e. The van der Waals surface area contributed by atoms with Gasteiger partial charge in [0.25, 0.3) is 10.1 Å². The number of hydrogen-bond donors (Lipinski definition) is 1. The van der Waals surface area contributed by atoms with E-state index in [2.05, 4.69) is 0 Å². The van der Waals surface area contributed by atoms with Crippen LogP contribution in [-0.2, 0) is 19.2 Å². The van der Waals surface area contributed by atoms with Crippen molar-refractivity contribution in [1.29, 1.82) is 0 Å². The molecule has 0 heterocycles. The molecule has 0 aromatic rings. The van der Waals surface area contributed by atoms with Crippen LogP contribution < -0.4 is 0 Å². The molecule has 0 fully saturated rings. The summed E-state index contributed by atoms with van der Waals surface area (Å²) in [5.41, 5.74) is 0. The van der Waals surface area contributed by atoms with E-state index in [0.29, 0.717) is 13.0 Å². The van der Waals surface area contributed by atoms with Crippen LogP contribution in [0.15, 0.2) is 0 Å². The Kier molecular flexibility index (Phi) is 6.68. The zero-order valence-corrected chi connectivity index (χ0v) is 10.9. The molecule has 15 heavy (non-hydrogen) atoms. The van der Waals surface area contributed by atoms with Crippen LogP contribution in [0, 0.1) is 0 Å². The van der Waals surface area contributed by atoms with E-state index in [1.54, 1.807) is 13.3 Å². The van der Waals surface area contributed by atoms with Gasteiger partial charge in [0.1, 0.15) is 0 Å². The summed E-state index contributed by atoms with van der Waals surface area (Å²) in [6.45, 7) is 3.56. The monoisotopic (exact) mass is 258 g/mol. The molecule has 0 aromatic heterocycles. The van der Waals surface area contributed by atoms with Crippen molar-refractivity contribution in [3.05, 3.63) is 0 Å². The van der Waals surface area contributed by atoms with Gasteiger partial charge in [0, 0.05) is 13.3 Å². The number of rotatable bonds is 8. The van der Waals surface area contributed by atoms with Gasteiger partial charge in [-0.25, -0.2) is 0 Å². The van der Waals surface area contributed by atoms with E-state index in [4.69, 9.17) is 9.08 Å². The second kappa shape index (κ2) is 6.63. The molecule has 92 valence electrons. The van der Waals surface area contributed by atoms with Crippen molar-refractivity contribution in [2.75, 3.05) is 25.7 Å². The van der Waals surface area contributed by atoms with E-state index >= 15 is 0 Å². The van der Waals surface area contributed by atoms with Crippen molar-refractivity contribution in [2.45, 2.75) is 25.7 Å². The zero-order chi connectivity index (χ0) is 11.9. The molecule has 0 aliphatic carbocycles. The fraction of sp³-hybridized carbons (Fsp3) is 1.00. The van der Waals surface area contributed by atoms with Crippen molar-refractivity contribution in [3.63, 3.8) is 0 Å². The predicted molar refractivity (Wildman–Crippen MR) is 60.3 cm³/mol. The number of hydrogen-bond acceptors (Lipinski definition) is 4. The lowest BCUT2D eigenvalue weighted by molar-refractivity contribution is 0.309. The highest BCUT2D eigenvalue weighted by molar-refractivity contribution is 7.85. The Bertz CT molecular complexity index is 305. The summed E-state index contributed by atoms with van der Waals surface area (Å²) in [7, 11) is -6.20. The average Bonchev–Trinajstić information content (AvgIpc) is 1.98. The molecule has 0 unspecified atom stereocenters. The van der Waals surface area contributed by atoms with Crippen LogP contribution in [0.5, 0.6) is 0 Å². The Hall–Kier alpha value is 0.1000. The second-order valence-corrected chi connectivity index (χ2v) is 8.12. The minimum atomic E-state index is -3.82. The molecular weight excluding hydrogens is 239 g/mol. The summed E-state index contributed by atoms with van der Waals surface area (Å²) in [5.74, 6) is -0.187.